The van der Waals surface area contributed by atoms with Crippen LogP contribution in [0.25, 0.3) is 0 Å². The van der Waals surface area contributed by atoms with Crippen molar-refractivity contribution < 1.29 is 4.74 Å². The summed E-state index contributed by atoms with van der Waals surface area (Å²) in [7, 11) is 0. The molecule has 4 rings (SSSR count). The van der Waals surface area contributed by atoms with Gasteiger partial charge in [-0.3, -0.25) is 4.90 Å². The van der Waals surface area contributed by atoms with E-state index in [1.54, 1.807) is 0 Å². The fourth-order valence-electron chi connectivity index (χ4n) is 4.18. The van der Waals surface area contributed by atoms with E-state index >= 15 is 0 Å². The van der Waals surface area contributed by atoms with Gasteiger partial charge in [0.2, 0.25) is 0 Å². The fourth-order valence-corrected chi connectivity index (χ4v) is 4.18. The van der Waals surface area contributed by atoms with Crippen LogP contribution in [0.3, 0.4) is 0 Å². The number of fused-ring (bicyclic) bond motifs is 1. The Morgan fingerprint density at radius 1 is 1.04 bits per heavy atom. The number of rotatable bonds is 3. The number of amidine groups is 1. The highest BCUT2D eigenvalue weighted by Gasteiger charge is 2.49. The van der Waals surface area contributed by atoms with E-state index in [1.807, 2.05) is 36.4 Å². The van der Waals surface area contributed by atoms with E-state index in [0.717, 1.165) is 17.8 Å². The zero-order valence-corrected chi connectivity index (χ0v) is 14.5. The third kappa shape index (κ3) is 2.84. The first kappa shape index (κ1) is 15.9. The molecule has 1 aliphatic heterocycles. The molecular formula is C22H24N2O. The van der Waals surface area contributed by atoms with Gasteiger partial charge in [0, 0.05) is 11.6 Å². The van der Waals surface area contributed by atoms with Gasteiger partial charge in [-0.15, -0.1) is 6.58 Å². The number of hydrogen-bond acceptors (Lipinski definition) is 2. The van der Waals surface area contributed by atoms with Gasteiger partial charge in [0.05, 0.1) is 17.8 Å². The normalized spacial score (nSPS) is 27.4. The highest BCUT2D eigenvalue weighted by molar-refractivity contribution is 5.96. The number of hydrogen-bond donors (Lipinski definition) is 0. The van der Waals surface area contributed by atoms with Gasteiger partial charge in [-0.1, -0.05) is 55.3 Å². The number of benzene rings is 2. The average Bonchev–Trinajstić information content (AvgIpc) is 2.69. The minimum absolute atomic E-state index is 0.120. The van der Waals surface area contributed by atoms with Gasteiger partial charge in [-0.25, -0.2) is 0 Å². The summed E-state index contributed by atoms with van der Waals surface area (Å²) in [6.45, 7) is 4.93. The van der Waals surface area contributed by atoms with Crippen molar-refractivity contribution in [2.45, 2.75) is 31.2 Å². The van der Waals surface area contributed by atoms with E-state index in [4.69, 9.17) is 9.73 Å². The second kappa shape index (κ2) is 6.75. The van der Waals surface area contributed by atoms with Crippen LogP contribution in [-0.4, -0.2) is 18.2 Å². The molecule has 0 spiro atoms. The first-order valence-electron chi connectivity index (χ1n) is 9.09. The summed E-state index contributed by atoms with van der Waals surface area (Å²) in [5.41, 5.74) is 1.90. The lowest BCUT2D eigenvalue weighted by atomic mass is 9.71. The van der Waals surface area contributed by atoms with Crippen LogP contribution >= 0.6 is 0 Å². The number of aliphatic imine (C=N–C) groups is 1. The summed E-state index contributed by atoms with van der Waals surface area (Å²) in [6, 6.07) is 21.1. The largest absolute Gasteiger partial charge is 0.464 e. The lowest BCUT2D eigenvalue weighted by Gasteiger charge is -2.53. The number of nitrogens with zero attached hydrogens (tertiary/aromatic N) is 2. The van der Waals surface area contributed by atoms with E-state index in [0.29, 0.717) is 18.5 Å². The van der Waals surface area contributed by atoms with E-state index in [2.05, 4.69) is 41.8 Å². The maximum absolute atomic E-state index is 6.17. The van der Waals surface area contributed by atoms with Crippen molar-refractivity contribution >= 4 is 17.4 Å². The maximum atomic E-state index is 6.17. The van der Waals surface area contributed by atoms with Crippen LogP contribution in [0.5, 0.6) is 0 Å². The zero-order chi connectivity index (χ0) is 17.1. The summed E-state index contributed by atoms with van der Waals surface area (Å²) < 4.78 is 6.17. The second-order valence-electron chi connectivity index (χ2n) is 6.85. The zero-order valence-electron chi connectivity index (χ0n) is 14.5. The third-order valence-corrected chi connectivity index (χ3v) is 5.46. The molecule has 2 fully saturated rings. The first-order valence-corrected chi connectivity index (χ1v) is 9.09. The minimum Gasteiger partial charge on any atom is -0.464 e. The van der Waals surface area contributed by atoms with E-state index < -0.39 is 0 Å². The summed E-state index contributed by atoms with van der Waals surface area (Å²) in [5, 5.41) is 0. The molecule has 1 saturated carbocycles. The Bertz CT molecular complexity index is 756. The topological polar surface area (TPSA) is 24.8 Å². The monoisotopic (exact) mass is 332 g/mol. The van der Waals surface area contributed by atoms with Crippen LogP contribution in [0.2, 0.25) is 0 Å². The molecule has 3 nitrogen and oxygen atoms in total. The molecule has 0 bridgehead atoms. The van der Waals surface area contributed by atoms with Gasteiger partial charge in [0.25, 0.3) is 6.02 Å². The van der Waals surface area contributed by atoms with Gasteiger partial charge < -0.3 is 4.74 Å². The predicted molar refractivity (Wildman–Crippen MR) is 103 cm³/mol. The van der Waals surface area contributed by atoms with Crippen molar-refractivity contribution in [3.05, 3.63) is 73.3 Å². The van der Waals surface area contributed by atoms with Gasteiger partial charge in [0.1, 0.15) is 0 Å². The molecule has 2 aromatic carbocycles. The Kier molecular flexibility index (Phi) is 4.31. The van der Waals surface area contributed by atoms with Crippen molar-refractivity contribution in [2.24, 2.45) is 10.9 Å². The van der Waals surface area contributed by atoms with Crippen molar-refractivity contribution in [3.8, 4) is 0 Å². The molecule has 2 atom stereocenters. The van der Waals surface area contributed by atoms with Crippen molar-refractivity contribution in [2.75, 3.05) is 11.5 Å². The molecule has 0 unspecified atom stereocenters. The Hall–Kier alpha value is -2.55. The van der Waals surface area contributed by atoms with Crippen LogP contribution in [0, 0.1) is 5.92 Å². The number of ether oxygens (including phenoxy) is 1. The average molecular weight is 332 g/mol. The van der Waals surface area contributed by atoms with Crippen molar-refractivity contribution in [3.63, 3.8) is 0 Å². The molecule has 0 N–H and O–H groups in total. The van der Waals surface area contributed by atoms with Gasteiger partial charge >= 0.3 is 0 Å². The molecular weight excluding hydrogens is 308 g/mol. The quantitative estimate of drug-likeness (QED) is 0.710. The van der Waals surface area contributed by atoms with Crippen LogP contribution < -0.4 is 4.90 Å². The molecule has 0 aromatic heterocycles. The highest BCUT2D eigenvalue weighted by atomic mass is 16.5. The summed E-state index contributed by atoms with van der Waals surface area (Å²) in [4.78, 5) is 7.11. The Balaban J connectivity index is 1.84. The van der Waals surface area contributed by atoms with Crippen molar-refractivity contribution in [1.82, 2.24) is 0 Å². The van der Waals surface area contributed by atoms with Crippen LogP contribution in [0.1, 0.15) is 25.7 Å². The van der Waals surface area contributed by atoms with E-state index in [1.165, 1.54) is 19.3 Å². The summed E-state index contributed by atoms with van der Waals surface area (Å²) in [6.07, 6.45) is 6.87. The Morgan fingerprint density at radius 2 is 1.76 bits per heavy atom. The third-order valence-electron chi connectivity index (χ3n) is 5.46. The predicted octanol–water partition coefficient (Wildman–Crippen LogP) is 5.33. The molecule has 0 amide bonds. The maximum Gasteiger partial charge on any atom is 0.298 e. The molecule has 128 valence electrons. The summed E-state index contributed by atoms with van der Waals surface area (Å²) >= 11 is 0. The molecule has 1 heterocycles. The van der Waals surface area contributed by atoms with Crippen molar-refractivity contribution in [1.29, 1.82) is 0 Å². The summed E-state index contributed by atoms with van der Waals surface area (Å²) in [5.74, 6) is 0.452. The lowest BCUT2D eigenvalue weighted by Crippen LogP contribution is -2.62. The van der Waals surface area contributed by atoms with Gasteiger partial charge in [0.15, 0.2) is 0 Å². The molecule has 2 aromatic rings. The standard InChI is InChI=1S/C22H24N2O/c1-2-22-16-10-9-11-18(22)17-25-21(23-19-12-5-3-6-13-19)24(22)20-14-7-4-8-15-20/h2-8,12-15,18H,1,9-11,16-17H2/t18-,22-/m0/s1. The van der Waals surface area contributed by atoms with Crippen LogP contribution in [0.4, 0.5) is 11.4 Å². The molecule has 1 saturated heterocycles. The minimum atomic E-state index is -0.120. The smallest absolute Gasteiger partial charge is 0.298 e. The second-order valence-corrected chi connectivity index (χ2v) is 6.85. The first-order chi connectivity index (χ1) is 12.3. The van der Waals surface area contributed by atoms with E-state index in [-0.39, 0.29) is 5.54 Å². The Morgan fingerprint density at radius 3 is 2.48 bits per heavy atom. The lowest BCUT2D eigenvalue weighted by molar-refractivity contribution is 0.106. The van der Waals surface area contributed by atoms with Crippen LogP contribution in [0.15, 0.2) is 78.3 Å². The number of para-hydroxylation sites is 2. The highest BCUT2D eigenvalue weighted by Crippen LogP contribution is 2.45. The SMILES string of the molecule is C=C[C@]12CCCC[C@H]1COC(=Nc1ccccc1)N2c1ccccc1. The molecule has 3 heteroatoms. The van der Waals surface area contributed by atoms with E-state index in [9.17, 15) is 0 Å². The number of anilines is 1. The van der Waals surface area contributed by atoms with Crippen LogP contribution in [-0.2, 0) is 4.74 Å². The Labute approximate surface area is 149 Å². The molecule has 25 heavy (non-hydrogen) atoms. The van der Waals surface area contributed by atoms with Gasteiger partial charge in [-0.05, 0) is 37.1 Å². The molecule has 2 aliphatic rings. The van der Waals surface area contributed by atoms with Gasteiger partial charge in [-0.2, -0.15) is 4.99 Å². The molecule has 1 aliphatic carbocycles. The fraction of sp³-hybridized carbons (Fsp3) is 0.318. The molecule has 0 radical (unpaired) electrons.